The van der Waals surface area contributed by atoms with Gasteiger partial charge in [0.2, 0.25) is 33.0 Å². The molecule has 6 N–H and O–H groups in total. The van der Waals surface area contributed by atoms with Crippen molar-refractivity contribution >= 4 is 268 Å². The molecule has 2 fully saturated rings. The number of nitro groups is 2. The molecule has 0 bridgehead atoms. The number of nitro benzene ring substituents is 2. The number of aromatic nitrogens is 10. The molecular weight excluding hydrogens is 2090 g/mol. The number of hydrogen-bond acceptors (Lipinski definition) is 33. The number of imide groups is 1. The zero-order valence-electron chi connectivity index (χ0n) is 66.8. The normalized spacial score (nSPS) is 12.6. The smallest absolute Gasteiger partial charge is 0.350 e. The van der Waals surface area contributed by atoms with E-state index in [4.69, 9.17) is 79.2 Å². The average molecular weight is 2170 g/mol. The van der Waals surface area contributed by atoms with E-state index in [2.05, 4.69) is 141 Å². The molecule has 3 aliphatic heterocycles. The van der Waals surface area contributed by atoms with Gasteiger partial charge in [0.1, 0.15) is 16.1 Å². The summed E-state index contributed by atoms with van der Waals surface area (Å²) in [7, 11) is 7.30. The minimum absolute atomic E-state index is 0. The van der Waals surface area contributed by atoms with Crippen LogP contribution in [0.3, 0.4) is 0 Å². The number of ether oxygens (including phenoxy) is 2. The summed E-state index contributed by atoms with van der Waals surface area (Å²) in [6.45, 7) is 10.6. The number of nitrogen functional groups attached to an aromatic ring is 2. The molecule has 3 aliphatic rings. The Hall–Kier alpha value is -9.14. The second-order valence-electron chi connectivity index (χ2n) is 26.0. The first-order valence-corrected chi connectivity index (χ1v) is 44.7. The van der Waals surface area contributed by atoms with Crippen molar-refractivity contribution in [3.8, 4) is 28.0 Å². The summed E-state index contributed by atoms with van der Waals surface area (Å²) < 4.78 is 15.5. The molecule has 2 saturated heterocycles. The molecule has 0 radical (unpaired) electrons. The van der Waals surface area contributed by atoms with E-state index in [0.29, 0.717) is 49.5 Å². The number of aryl methyl sites for hydroxylation is 1. The Labute approximate surface area is 806 Å². The summed E-state index contributed by atoms with van der Waals surface area (Å²) in [5.41, 5.74) is 25.2. The number of halogens is 6. The summed E-state index contributed by atoms with van der Waals surface area (Å²) >= 11 is 42.0. The van der Waals surface area contributed by atoms with Gasteiger partial charge in [-0.2, -0.15) is 0 Å². The van der Waals surface area contributed by atoms with Crippen LogP contribution in [0.4, 0.5) is 45.8 Å². The summed E-state index contributed by atoms with van der Waals surface area (Å²) in [5.74, 6) is 0.430. The van der Waals surface area contributed by atoms with Gasteiger partial charge >= 0.3 is 5.97 Å². The van der Waals surface area contributed by atoms with Crippen molar-refractivity contribution in [2.45, 2.75) is 13.3 Å². The van der Waals surface area contributed by atoms with Crippen LogP contribution in [0.5, 0.6) is 5.75 Å². The fourth-order valence-electron chi connectivity index (χ4n) is 11.8. The van der Waals surface area contributed by atoms with Crippen molar-refractivity contribution in [2.75, 3.05) is 107 Å². The van der Waals surface area contributed by atoms with Crippen LogP contribution >= 0.6 is 153 Å². The molecule has 658 valence electrons. The van der Waals surface area contributed by atoms with E-state index in [1.165, 1.54) is 93.4 Å². The number of esters is 1. The van der Waals surface area contributed by atoms with E-state index < -0.39 is 4.92 Å². The van der Waals surface area contributed by atoms with Crippen LogP contribution in [0.15, 0.2) is 176 Å². The van der Waals surface area contributed by atoms with Gasteiger partial charge in [0.25, 0.3) is 17.3 Å². The molecule has 0 unspecified atom stereocenters. The first-order valence-electron chi connectivity index (χ1n) is 35.9. The van der Waals surface area contributed by atoms with Gasteiger partial charge < -0.3 is 60.7 Å². The SMILES string of the molecule is COC(=O)c1sccc1N.COc1cc(N2CCN(C)CC2)ccc1N.Cc1cc(N2CCN(C)CC2)ccc1Nc1ncc2scc(-c3cccc([N+](=O)[O-])c3)c2n1.Clc1nc(Cl)c2sccc2n1.Clc1ncc2scc(Br)c2n1.Clc1ncc2sccc2n1.O=C1Cc2ccsc2C(=O)N1.O=[N+]([O-])c1cccc(-c2csc3cnc(Cl)nc23)c1.[CH3-].[CH3-].[Pd].[Pd]. The van der Waals surface area contributed by atoms with Crippen molar-refractivity contribution in [1.29, 1.82) is 0 Å². The Morgan fingerprint density at radius 1 is 0.552 bits per heavy atom. The Balaban J connectivity index is 0.000000184. The van der Waals surface area contributed by atoms with E-state index in [1.807, 2.05) is 74.7 Å². The minimum Gasteiger partial charge on any atom is -0.495 e. The zero-order valence-corrected chi connectivity index (χ0v) is 81.0. The number of amides is 2. The van der Waals surface area contributed by atoms with E-state index in [-0.39, 0.29) is 106 Å². The molecule has 125 heavy (non-hydrogen) atoms. The second kappa shape index (κ2) is 48.2. The molecule has 0 atom stereocenters. The number of nitrogens with zero attached hydrogens (tertiary/aromatic N) is 16. The number of methoxy groups -OCH3 is 2. The van der Waals surface area contributed by atoms with Gasteiger partial charge in [-0.15, -0.1) is 79.4 Å². The zero-order chi connectivity index (χ0) is 86.0. The number of thiophene rings is 7. The number of piperazine rings is 2. The van der Waals surface area contributed by atoms with Crippen LogP contribution < -0.4 is 36.6 Å². The van der Waals surface area contributed by atoms with Crippen LogP contribution in [0.1, 0.15) is 30.5 Å². The average Bonchev–Trinajstić information content (AvgIpc) is 1.67. The van der Waals surface area contributed by atoms with Crippen LogP contribution in [0.25, 0.3) is 73.3 Å². The fraction of sp³-hybridized carbons (Fsp3) is 0.173. The number of non-ortho nitro benzene ring substituents is 2. The maximum Gasteiger partial charge on any atom is 0.350 e. The van der Waals surface area contributed by atoms with Gasteiger partial charge in [-0.3, -0.25) is 35.1 Å². The first-order chi connectivity index (χ1) is 58.3. The third-order valence-corrected chi connectivity index (χ3v) is 26.4. The van der Waals surface area contributed by atoms with Crippen LogP contribution in [0.2, 0.25) is 26.3 Å². The van der Waals surface area contributed by atoms with Gasteiger partial charge in [-0.25, -0.2) is 54.6 Å². The summed E-state index contributed by atoms with van der Waals surface area (Å²) in [6.07, 6.45) is 7.24. The quantitative estimate of drug-likeness (QED) is 0.0114. The minimum atomic E-state index is -0.417. The van der Waals surface area contributed by atoms with Crippen molar-refractivity contribution in [1.82, 2.24) is 65.0 Å². The third kappa shape index (κ3) is 27.2. The molecular formula is C81H74BrCl5N20O9Pd2S7-2. The Bertz CT molecular complexity index is 6390. The number of anilines is 6. The number of fused-ring (bicyclic) bond motifs is 6. The molecule has 12 aromatic heterocycles. The van der Waals surface area contributed by atoms with Gasteiger partial charge in [-0.05, 0) is 182 Å². The monoisotopic (exact) mass is 2160 g/mol. The van der Waals surface area contributed by atoms with Crippen LogP contribution in [-0.4, -0.2) is 168 Å². The summed E-state index contributed by atoms with van der Waals surface area (Å²) in [6, 6.07) is 32.8. The predicted octanol–water partition coefficient (Wildman–Crippen LogP) is 21.0. The molecule has 4 aromatic carbocycles. The van der Waals surface area contributed by atoms with Crippen LogP contribution in [-0.2, 0) is 56.8 Å². The van der Waals surface area contributed by atoms with Gasteiger partial charge in [-0.1, -0.05) is 35.9 Å². The number of carbonyl (C=O) groups is 3. The predicted molar refractivity (Wildman–Crippen MR) is 509 cm³/mol. The van der Waals surface area contributed by atoms with E-state index in [0.717, 1.165) is 147 Å². The Morgan fingerprint density at radius 2 is 1.06 bits per heavy atom. The number of hydrogen-bond donors (Lipinski definition) is 4. The standard InChI is InChI=1S/C24H24N6O2S.C12H6ClN3O2S.C12H19N3O.C7H5NO2S.C6H2BrClN2S.C6H2Cl2N2S.C6H3ClN2S.C6H7NO2S.2CH3.2Pd/c1-16-12-18(29-10-8-28(2)9-11-29)6-7-21(16)26-24-25-14-22-23(27-24)20(15-33-22)17-4-3-5-19(13-17)30(31)32;13-12-14-5-10-11(15-12)9(6-19-10)7-2-1-3-8(4-7)16(17)18;1-14-5-7-15(8-6-14)10-3-4-11(13)12(9-10)16-2;9-5-3-4-1-2-11-6(4)7(10)8-5;7-3-2-11-4-1-9-6(8)10-5(3)4;7-5-4-3(1-2-11-4)9-6(8)10-5;7-6-8-3-5-4(9-6)1-2-10-5;1-9-6(8)5-4(7)2-3-10-5;;;;/h3-7,12-15H,8-11H2,1-2H3,(H,25,26,27);1-6H;3-4,9H,5-8,13H2,1-2H3;1-2H,3H2,(H,8,9,10);2*1-2H;1-3H;2-3H,7H2,1H3;2*1H3;;/q;;;;;;;;2*-1;;. The number of carbonyl (C=O) groups excluding carboxylic acids is 3. The molecule has 0 aliphatic carbocycles. The van der Waals surface area contributed by atoms with E-state index in [9.17, 15) is 34.6 Å². The molecule has 44 heteroatoms. The van der Waals surface area contributed by atoms with Crippen molar-refractivity contribution < 1.29 is 74.5 Å². The molecule has 19 rings (SSSR count). The molecule has 0 saturated carbocycles. The Morgan fingerprint density at radius 3 is 1.64 bits per heavy atom. The molecule has 29 nitrogen and oxygen atoms in total. The first kappa shape index (κ1) is 101. The van der Waals surface area contributed by atoms with Crippen molar-refractivity contribution in [3.05, 3.63) is 258 Å². The number of nitrogens with two attached hydrogens (primary N) is 2. The van der Waals surface area contributed by atoms with Crippen molar-refractivity contribution in [2.24, 2.45) is 0 Å². The van der Waals surface area contributed by atoms with Gasteiger partial charge in [0.05, 0.1) is 103 Å². The second-order valence-corrected chi connectivity index (χ2v) is 35.0. The number of likely N-dealkylation sites (N-methyl/N-ethyl adjacent to an activating group) is 2. The number of rotatable bonds is 10. The fourth-order valence-corrected chi connectivity index (χ4v) is 18.9. The maximum absolute atomic E-state index is 11.2. The summed E-state index contributed by atoms with van der Waals surface area (Å²) in [4.78, 5) is 105. The largest absolute Gasteiger partial charge is 0.495 e. The number of nitrogens with one attached hydrogen (secondary N) is 2. The molecule has 0 spiro atoms. The van der Waals surface area contributed by atoms with Crippen molar-refractivity contribution in [3.63, 3.8) is 0 Å². The maximum atomic E-state index is 11.2. The Kier molecular flexibility index (Phi) is 39.0. The van der Waals surface area contributed by atoms with E-state index >= 15 is 0 Å². The third-order valence-electron chi connectivity index (χ3n) is 18.0. The molecule has 16 aromatic rings. The molecule has 15 heterocycles. The van der Waals surface area contributed by atoms with Crippen LogP contribution in [0, 0.1) is 42.0 Å². The summed E-state index contributed by atoms with van der Waals surface area (Å²) in [5, 5.41) is 42.3. The molecule has 2 amide bonds. The topological polar surface area (TPSA) is 374 Å². The van der Waals surface area contributed by atoms with Gasteiger partial charge in [0, 0.05) is 186 Å². The van der Waals surface area contributed by atoms with E-state index in [1.54, 1.807) is 84.2 Å². The number of benzene rings is 4. The van der Waals surface area contributed by atoms with Gasteiger partial charge in [0.15, 0.2) is 5.15 Å².